The largest absolute Gasteiger partial charge is 0.418 e. The van der Waals surface area contributed by atoms with Gasteiger partial charge in [-0.25, -0.2) is 4.79 Å². The van der Waals surface area contributed by atoms with Crippen molar-refractivity contribution >= 4 is 5.52 Å². The number of pyridine rings is 1. The second kappa shape index (κ2) is 9.33. The van der Waals surface area contributed by atoms with Gasteiger partial charge in [0.05, 0.1) is 16.8 Å². The lowest BCUT2D eigenvalue weighted by Crippen LogP contribution is -2.34. The number of imidazole rings is 1. The van der Waals surface area contributed by atoms with E-state index in [0.29, 0.717) is 29.1 Å². The molecule has 1 spiro atoms. The summed E-state index contributed by atoms with van der Waals surface area (Å²) in [5.74, 6) is 1.27. The van der Waals surface area contributed by atoms with Crippen LogP contribution in [-0.4, -0.2) is 41.7 Å². The molecule has 1 aromatic carbocycles. The Balaban J connectivity index is 1.27. The van der Waals surface area contributed by atoms with E-state index in [1.165, 1.54) is 34.1 Å². The van der Waals surface area contributed by atoms with Gasteiger partial charge in [0, 0.05) is 31.9 Å². The number of piperidine rings is 1. The molecule has 1 saturated heterocycles. The van der Waals surface area contributed by atoms with Crippen molar-refractivity contribution in [2.45, 2.75) is 63.6 Å². The number of halogens is 3. The van der Waals surface area contributed by atoms with Crippen LogP contribution in [0.15, 0.2) is 53.8 Å². The molecule has 1 aliphatic heterocycles. The van der Waals surface area contributed by atoms with E-state index in [2.05, 4.69) is 15.1 Å². The summed E-state index contributed by atoms with van der Waals surface area (Å²) in [4.78, 5) is 15.8. The predicted octanol–water partition coefficient (Wildman–Crippen LogP) is 5.55. The zero-order valence-electron chi connectivity index (χ0n) is 22.6. The van der Waals surface area contributed by atoms with Crippen LogP contribution < -0.4 is 5.69 Å². The fourth-order valence-electron chi connectivity index (χ4n) is 6.71. The average Bonchev–Trinajstić information content (AvgIpc) is 3.39. The van der Waals surface area contributed by atoms with E-state index in [0.717, 1.165) is 56.6 Å². The van der Waals surface area contributed by atoms with Crippen LogP contribution in [0.1, 0.15) is 73.4 Å². The highest BCUT2D eigenvalue weighted by Crippen LogP contribution is 2.53. The van der Waals surface area contributed by atoms with E-state index in [1.54, 1.807) is 18.6 Å². The van der Waals surface area contributed by atoms with Gasteiger partial charge in [0.25, 0.3) is 0 Å². The van der Waals surface area contributed by atoms with Crippen molar-refractivity contribution in [2.24, 2.45) is 18.4 Å². The fourth-order valence-corrected chi connectivity index (χ4v) is 6.71. The third-order valence-corrected chi connectivity index (χ3v) is 9.56. The van der Waals surface area contributed by atoms with Gasteiger partial charge in [0.1, 0.15) is 12.2 Å². The Morgan fingerprint density at radius 1 is 1.07 bits per heavy atom. The smallest absolute Gasteiger partial charge is 0.320 e. The van der Waals surface area contributed by atoms with Gasteiger partial charge >= 0.3 is 11.9 Å². The molecule has 3 aliphatic rings. The molecule has 4 aromatic rings. The molecule has 2 aliphatic carbocycles. The summed E-state index contributed by atoms with van der Waals surface area (Å²) in [6.07, 6.45) is 8.07. The maximum absolute atomic E-state index is 14.3. The molecule has 7 nitrogen and oxygen atoms in total. The molecule has 0 radical (unpaired) electrons. The third-order valence-electron chi connectivity index (χ3n) is 9.56. The molecule has 210 valence electrons. The van der Waals surface area contributed by atoms with E-state index in [1.807, 2.05) is 29.8 Å². The van der Waals surface area contributed by atoms with Gasteiger partial charge in [-0.2, -0.15) is 13.2 Å². The van der Waals surface area contributed by atoms with Crippen molar-refractivity contribution in [3.8, 4) is 5.69 Å². The Kier molecular flexibility index (Phi) is 5.96. The van der Waals surface area contributed by atoms with Crippen LogP contribution in [0.5, 0.6) is 0 Å². The molecule has 4 heterocycles. The number of alkyl halides is 3. The molecule has 3 aromatic heterocycles. The molecule has 0 unspecified atom stereocenters. The van der Waals surface area contributed by atoms with Crippen LogP contribution in [0.2, 0.25) is 0 Å². The first-order valence-electron chi connectivity index (χ1n) is 14.2. The Morgan fingerprint density at radius 3 is 2.48 bits per heavy atom. The molecule has 7 rings (SSSR count). The summed E-state index contributed by atoms with van der Waals surface area (Å²) < 4.78 is 47.2. The fraction of sp³-hybridized carbons (Fsp3) is 0.500. The minimum Gasteiger partial charge on any atom is -0.320 e. The summed E-state index contributed by atoms with van der Waals surface area (Å²) in [7, 11) is 1.92. The van der Waals surface area contributed by atoms with Crippen molar-refractivity contribution in [1.82, 2.24) is 28.6 Å². The highest BCUT2D eigenvalue weighted by Gasteiger charge is 2.44. The molecule has 0 bridgehead atoms. The molecular weight excluding hydrogens is 517 g/mol. The molecule has 2 saturated carbocycles. The summed E-state index contributed by atoms with van der Waals surface area (Å²) >= 11 is 0. The summed E-state index contributed by atoms with van der Waals surface area (Å²) in [5, 5.41) is 8.44. The number of likely N-dealkylation sites (tertiary alicyclic amines) is 1. The van der Waals surface area contributed by atoms with Gasteiger partial charge in [-0.3, -0.25) is 13.9 Å². The lowest BCUT2D eigenvalue weighted by atomic mass is 9.72. The Morgan fingerprint density at radius 2 is 1.85 bits per heavy atom. The Bertz CT molecular complexity index is 1610. The highest BCUT2D eigenvalue weighted by molar-refractivity contribution is 5.58. The number of hydrogen-bond acceptors (Lipinski definition) is 4. The highest BCUT2D eigenvalue weighted by atomic mass is 19.4. The topological polar surface area (TPSA) is 60.4 Å². The number of hydrogen-bond donors (Lipinski definition) is 0. The first-order valence-corrected chi connectivity index (χ1v) is 14.2. The van der Waals surface area contributed by atoms with Crippen LogP contribution in [0, 0.1) is 11.3 Å². The summed E-state index contributed by atoms with van der Waals surface area (Å²) in [6, 6.07) is 8.77. The zero-order chi connectivity index (χ0) is 27.6. The molecule has 40 heavy (non-hydrogen) atoms. The van der Waals surface area contributed by atoms with Gasteiger partial charge in [-0.05, 0) is 92.3 Å². The Hall–Kier alpha value is -3.40. The minimum atomic E-state index is -4.58. The quantitative estimate of drug-likeness (QED) is 0.316. The molecule has 1 atom stereocenters. The van der Waals surface area contributed by atoms with Gasteiger partial charge in [0.15, 0.2) is 0 Å². The van der Waals surface area contributed by atoms with E-state index in [9.17, 15) is 18.0 Å². The standard InChI is InChI=1S/C30H33F3N6O/c1-36-19-34-35-27(36)26(21-4-2-5-21)22-6-3-7-23(15-22)38-18-25-24(30(31,32)33)14-20(17-39(25)28(38)40)16-37-12-10-29(8-9-29)11-13-37/h3,6-7,14-15,17-19,21,26H,2,4-5,8-13,16H2,1H3/t26-/m1/s1. The second-order valence-electron chi connectivity index (χ2n) is 12.1. The molecule has 0 amide bonds. The third kappa shape index (κ3) is 4.46. The van der Waals surface area contributed by atoms with Crippen molar-refractivity contribution in [3.63, 3.8) is 0 Å². The van der Waals surface area contributed by atoms with E-state index in [4.69, 9.17) is 0 Å². The van der Waals surface area contributed by atoms with Crippen LogP contribution in [0.3, 0.4) is 0 Å². The SMILES string of the molecule is Cn1cnnc1[C@@H](c1cccc(-n2cc3c(C(F)(F)F)cc(CN4CCC5(CC4)CC5)cn3c2=O)c1)C1CCC1. The second-order valence-corrected chi connectivity index (χ2v) is 12.1. The van der Waals surface area contributed by atoms with Crippen LogP contribution in [0.4, 0.5) is 13.2 Å². The maximum atomic E-state index is 14.3. The average molecular weight is 551 g/mol. The monoisotopic (exact) mass is 550 g/mol. The van der Waals surface area contributed by atoms with Crippen molar-refractivity contribution in [2.75, 3.05) is 13.1 Å². The first-order chi connectivity index (χ1) is 19.2. The maximum Gasteiger partial charge on any atom is 0.418 e. The molecule has 0 N–H and O–H groups in total. The lowest BCUT2D eigenvalue weighted by Gasteiger charge is -2.33. The van der Waals surface area contributed by atoms with Crippen molar-refractivity contribution in [1.29, 1.82) is 0 Å². The molecule has 3 fully saturated rings. The predicted molar refractivity (Wildman–Crippen MR) is 144 cm³/mol. The summed E-state index contributed by atoms with van der Waals surface area (Å²) in [6.45, 7) is 2.18. The van der Waals surface area contributed by atoms with Gasteiger partial charge < -0.3 is 4.57 Å². The van der Waals surface area contributed by atoms with Crippen LogP contribution in [0.25, 0.3) is 11.2 Å². The lowest BCUT2D eigenvalue weighted by molar-refractivity contribution is -0.136. The number of fused-ring (bicyclic) bond motifs is 1. The normalized spacial score (nSPS) is 20.2. The number of nitrogens with zero attached hydrogens (tertiary/aromatic N) is 6. The van der Waals surface area contributed by atoms with Gasteiger partial charge in [-0.1, -0.05) is 18.6 Å². The number of benzene rings is 1. The number of rotatable bonds is 6. The van der Waals surface area contributed by atoms with Crippen molar-refractivity contribution in [3.05, 3.63) is 82.1 Å². The first kappa shape index (κ1) is 25.6. The van der Waals surface area contributed by atoms with Crippen molar-refractivity contribution < 1.29 is 13.2 Å². The van der Waals surface area contributed by atoms with E-state index in [-0.39, 0.29) is 11.4 Å². The zero-order valence-corrected chi connectivity index (χ0v) is 22.6. The van der Waals surface area contributed by atoms with Crippen LogP contribution >= 0.6 is 0 Å². The Labute approximate surface area is 230 Å². The molecular formula is C30H33F3N6O. The summed E-state index contributed by atoms with van der Waals surface area (Å²) in [5.41, 5.74) is 1.10. The van der Waals surface area contributed by atoms with Gasteiger partial charge in [-0.15, -0.1) is 10.2 Å². The van der Waals surface area contributed by atoms with E-state index < -0.39 is 17.4 Å². The minimum absolute atomic E-state index is 0.00518. The molecule has 10 heteroatoms. The van der Waals surface area contributed by atoms with E-state index >= 15 is 0 Å². The number of aryl methyl sites for hydroxylation is 1. The van der Waals surface area contributed by atoms with Gasteiger partial charge in [0.2, 0.25) is 0 Å². The number of aromatic nitrogens is 5. The van der Waals surface area contributed by atoms with Crippen LogP contribution in [-0.2, 0) is 19.8 Å².